The number of halogens is 3. The number of hydrogen-bond acceptors (Lipinski definition) is 3. The van der Waals surface area contributed by atoms with E-state index in [2.05, 4.69) is 5.32 Å². The number of carbonyl (C=O) groups is 2. The fourth-order valence-electron chi connectivity index (χ4n) is 1.88. The lowest BCUT2D eigenvalue weighted by molar-refractivity contribution is -0.148. The molecule has 0 aliphatic carbocycles. The maximum Gasteiger partial charge on any atom is 0.331 e. The van der Waals surface area contributed by atoms with Crippen molar-refractivity contribution in [3.63, 3.8) is 0 Å². The van der Waals surface area contributed by atoms with Gasteiger partial charge in [0.2, 0.25) is 0 Å². The van der Waals surface area contributed by atoms with Crippen LogP contribution in [0.3, 0.4) is 0 Å². The second kappa shape index (κ2) is 8.65. The Balaban J connectivity index is 1.97. The van der Waals surface area contributed by atoms with Crippen molar-refractivity contribution in [2.45, 2.75) is 13.0 Å². The molecular formula is C18H14Cl2FNO3. The molecule has 0 heterocycles. The van der Waals surface area contributed by atoms with E-state index in [1.165, 1.54) is 31.2 Å². The van der Waals surface area contributed by atoms with Gasteiger partial charge in [0.25, 0.3) is 5.91 Å². The summed E-state index contributed by atoms with van der Waals surface area (Å²) in [6, 6.07) is 10.7. The van der Waals surface area contributed by atoms with Crippen LogP contribution < -0.4 is 5.32 Å². The van der Waals surface area contributed by atoms with Crippen LogP contribution in [0.15, 0.2) is 48.5 Å². The molecule has 130 valence electrons. The van der Waals surface area contributed by atoms with Crippen LogP contribution >= 0.6 is 23.2 Å². The van der Waals surface area contributed by atoms with Crippen LogP contribution in [0.1, 0.15) is 12.5 Å². The van der Waals surface area contributed by atoms with E-state index in [1.807, 2.05) is 0 Å². The Morgan fingerprint density at radius 2 is 1.76 bits per heavy atom. The SMILES string of the molecule is C[C@H](OC(=O)/C=C/c1ccccc1F)C(=O)Nc1c(Cl)cccc1Cl. The maximum absolute atomic E-state index is 13.5. The number of carbonyl (C=O) groups excluding carboxylic acids is 2. The van der Waals surface area contributed by atoms with E-state index in [0.29, 0.717) is 0 Å². The number of esters is 1. The molecular weight excluding hydrogens is 368 g/mol. The van der Waals surface area contributed by atoms with E-state index in [4.69, 9.17) is 27.9 Å². The number of amides is 1. The summed E-state index contributed by atoms with van der Waals surface area (Å²) in [5.41, 5.74) is 0.472. The highest BCUT2D eigenvalue weighted by molar-refractivity contribution is 6.39. The summed E-state index contributed by atoms with van der Waals surface area (Å²) in [7, 11) is 0. The molecule has 2 aromatic carbocycles. The molecule has 0 unspecified atom stereocenters. The first-order valence-electron chi connectivity index (χ1n) is 7.26. The monoisotopic (exact) mass is 381 g/mol. The van der Waals surface area contributed by atoms with Gasteiger partial charge in [-0.25, -0.2) is 9.18 Å². The van der Waals surface area contributed by atoms with Gasteiger partial charge in [0.05, 0.1) is 15.7 Å². The summed E-state index contributed by atoms with van der Waals surface area (Å²) < 4.78 is 18.4. The molecule has 0 fully saturated rings. The fraction of sp³-hybridized carbons (Fsp3) is 0.111. The molecule has 1 atom stereocenters. The highest BCUT2D eigenvalue weighted by Crippen LogP contribution is 2.29. The third-order valence-corrected chi connectivity index (χ3v) is 3.81. The van der Waals surface area contributed by atoms with Crippen molar-refractivity contribution in [1.82, 2.24) is 0 Å². The number of nitrogens with one attached hydrogen (secondary N) is 1. The highest BCUT2D eigenvalue weighted by atomic mass is 35.5. The van der Waals surface area contributed by atoms with Crippen molar-refractivity contribution < 1.29 is 18.7 Å². The molecule has 2 aromatic rings. The Morgan fingerprint density at radius 1 is 1.12 bits per heavy atom. The Hall–Kier alpha value is -2.37. The molecule has 25 heavy (non-hydrogen) atoms. The predicted octanol–water partition coefficient (Wildman–Crippen LogP) is 4.72. The number of hydrogen-bond donors (Lipinski definition) is 1. The highest BCUT2D eigenvalue weighted by Gasteiger charge is 2.19. The molecule has 0 saturated heterocycles. The van der Waals surface area contributed by atoms with Gasteiger partial charge in [0.15, 0.2) is 6.10 Å². The topological polar surface area (TPSA) is 55.4 Å². The zero-order valence-corrected chi connectivity index (χ0v) is 14.6. The lowest BCUT2D eigenvalue weighted by Gasteiger charge is -2.14. The number of rotatable bonds is 5. The van der Waals surface area contributed by atoms with Gasteiger partial charge in [0, 0.05) is 11.6 Å². The molecule has 0 bridgehead atoms. The number of para-hydroxylation sites is 1. The molecule has 7 heteroatoms. The van der Waals surface area contributed by atoms with E-state index in [9.17, 15) is 14.0 Å². The van der Waals surface area contributed by atoms with E-state index in [-0.39, 0.29) is 21.3 Å². The van der Waals surface area contributed by atoms with Crippen molar-refractivity contribution in [3.8, 4) is 0 Å². The zero-order chi connectivity index (χ0) is 18.4. The first kappa shape index (κ1) is 19.0. The summed E-state index contributed by atoms with van der Waals surface area (Å²) in [5.74, 6) is -1.84. The molecule has 0 radical (unpaired) electrons. The van der Waals surface area contributed by atoms with Gasteiger partial charge >= 0.3 is 5.97 Å². The quantitative estimate of drug-likeness (QED) is 0.602. The van der Waals surface area contributed by atoms with Crippen LogP contribution in [0.25, 0.3) is 6.08 Å². The second-order valence-corrected chi connectivity index (χ2v) is 5.83. The lowest BCUT2D eigenvalue weighted by Crippen LogP contribution is -2.29. The van der Waals surface area contributed by atoms with E-state index in [1.54, 1.807) is 24.3 Å². The second-order valence-electron chi connectivity index (χ2n) is 5.02. The van der Waals surface area contributed by atoms with Gasteiger partial charge in [0.1, 0.15) is 5.82 Å². The molecule has 0 aliphatic heterocycles. The van der Waals surface area contributed by atoms with Crippen LogP contribution in [-0.2, 0) is 14.3 Å². The van der Waals surface area contributed by atoms with Gasteiger partial charge in [-0.05, 0) is 31.2 Å². The average Bonchev–Trinajstić information content (AvgIpc) is 2.57. The Morgan fingerprint density at radius 3 is 2.40 bits per heavy atom. The summed E-state index contributed by atoms with van der Waals surface area (Å²) in [5, 5.41) is 3.03. The van der Waals surface area contributed by atoms with Crippen LogP contribution in [0.2, 0.25) is 10.0 Å². The minimum atomic E-state index is -1.09. The van der Waals surface area contributed by atoms with E-state index >= 15 is 0 Å². The number of ether oxygens (including phenoxy) is 1. The molecule has 1 amide bonds. The number of anilines is 1. The van der Waals surface area contributed by atoms with Crippen LogP contribution in [0.5, 0.6) is 0 Å². The number of benzene rings is 2. The lowest BCUT2D eigenvalue weighted by atomic mass is 10.2. The minimum absolute atomic E-state index is 0.236. The van der Waals surface area contributed by atoms with Crippen molar-refractivity contribution in [2.24, 2.45) is 0 Å². The van der Waals surface area contributed by atoms with E-state index in [0.717, 1.165) is 6.08 Å². The van der Waals surface area contributed by atoms with Crippen LogP contribution in [0.4, 0.5) is 10.1 Å². The van der Waals surface area contributed by atoms with Gasteiger partial charge in [-0.1, -0.05) is 47.5 Å². The van der Waals surface area contributed by atoms with Crippen molar-refractivity contribution in [2.75, 3.05) is 5.32 Å². The summed E-state index contributed by atoms with van der Waals surface area (Å²) in [6.07, 6.45) is 1.22. The standard InChI is InChI=1S/C18H14Cl2FNO3/c1-11(18(24)22-17-13(19)6-4-7-14(17)20)25-16(23)10-9-12-5-2-3-8-15(12)21/h2-11H,1H3,(H,22,24)/b10-9+/t11-/m0/s1. The minimum Gasteiger partial charge on any atom is -0.449 e. The summed E-state index contributed by atoms with van der Waals surface area (Å²) >= 11 is 11.9. The molecule has 0 saturated carbocycles. The van der Waals surface area contributed by atoms with Gasteiger partial charge in [-0.3, -0.25) is 4.79 Å². The Bertz CT molecular complexity index is 803. The Kier molecular flexibility index (Phi) is 6.56. The van der Waals surface area contributed by atoms with Gasteiger partial charge in [-0.15, -0.1) is 0 Å². The third-order valence-electron chi connectivity index (χ3n) is 3.18. The molecule has 2 rings (SSSR count). The first-order chi connectivity index (χ1) is 11.9. The molecule has 0 aromatic heterocycles. The van der Waals surface area contributed by atoms with Crippen molar-refractivity contribution in [3.05, 3.63) is 70.0 Å². The van der Waals surface area contributed by atoms with Crippen LogP contribution in [0, 0.1) is 5.82 Å². The van der Waals surface area contributed by atoms with Crippen molar-refractivity contribution in [1.29, 1.82) is 0 Å². The zero-order valence-electron chi connectivity index (χ0n) is 13.1. The predicted molar refractivity (Wildman–Crippen MR) is 96.1 cm³/mol. The summed E-state index contributed by atoms with van der Waals surface area (Å²) in [6.45, 7) is 1.40. The Labute approximate surface area is 154 Å². The van der Waals surface area contributed by atoms with E-state index < -0.39 is 23.8 Å². The smallest absolute Gasteiger partial charge is 0.331 e. The summed E-state index contributed by atoms with van der Waals surface area (Å²) in [4.78, 5) is 23.9. The van der Waals surface area contributed by atoms with Crippen molar-refractivity contribution >= 4 is 46.8 Å². The first-order valence-corrected chi connectivity index (χ1v) is 8.02. The molecule has 0 spiro atoms. The average molecular weight is 382 g/mol. The van der Waals surface area contributed by atoms with Gasteiger partial charge in [-0.2, -0.15) is 0 Å². The maximum atomic E-state index is 13.5. The van der Waals surface area contributed by atoms with Gasteiger partial charge < -0.3 is 10.1 Å². The largest absolute Gasteiger partial charge is 0.449 e. The molecule has 4 nitrogen and oxygen atoms in total. The third kappa shape index (κ3) is 5.31. The normalized spacial score (nSPS) is 12.0. The fourth-order valence-corrected chi connectivity index (χ4v) is 2.37. The molecule has 1 N–H and O–H groups in total. The van der Waals surface area contributed by atoms with Crippen LogP contribution in [-0.4, -0.2) is 18.0 Å². The molecule has 0 aliphatic rings.